The standard InChI is InChI=1S/C27H23N3O5/c1-15-24(16(2)35-29-15)19-10-21-25(28-13-19)20(17-8-6-5-7-9-17)14-30(21)26-22(33-3)11-18(27(31)32)12-23(26)34-4/h5-14H,1-4H3,(H,31,32). The zero-order valence-corrected chi connectivity index (χ0v) is 19.7. The molecule has 3 heterocycles. The van der Waals surface area contributed by atoms with Crippen LogP contribution in [-0.4, -0.2) is 40.0 Å². The van der Waals surface area contributed by atoms with Crippen LogP contribution >= 0.6 is 0 Å². The zero-order chi connectivity index (χ0) is 24.7. The molecule has 35 heavy (non-hydrogen) atoms. The van der Waals surface area contributed by atoms with E-state index >= 15 is 0 Å². The van der Waals surface area contributed by atoms with Gasteiger partial charge in [0.05, 0.1) is 36.5 Å². The Labute approximate surface area is 201 Å². The van der Waals surface area contributed by atoms with E-state index in [9.17, 15) is 9.90 Å². The molecule has 8 heteroatoms. The minimum absolute atomic E-state index is 0.0664. The van der Waals surface area contributed by atoms with Crippen molar-refractivity contribution in [2.75, 3.05) is 14.2 Å². The molecule has 2 aromatic carbocycles. The lowest BCUT2D eigenvalue weighted by molar-refractivity contribution is 0.0696. The molecule has 3 aromatic heterocycles. The fraction of sp³-hybridized carbons (Fsp3) is 0.148. The number of benzene rings is 2. The van der Waals surface area contributed by atoms with Crippen molar-refractivity contribution < 1.29 is 23.9 Å². The van der Waals surface area contributed by atoms with Crippen LogP contribution in [0.3, 0.4) is 0 Å². The van der Waals surface area contributed by atoms with Crippen LogP contribution in [0.25, 0.3) is 39.0 Å². The SMILES string of the molecule is COc1cc(C(=O)O)cc(OC)c1-n1cc(-c2ccccc2)c2ncc(-c3c(C)noc3C)cc21. The summed E-state index contributed by atoms with van der Waals surface area (Å²) in [4.78, 5) is 16.5. The van der Waals surface area contributed by atoms with Gasteiger partial charge in [-0.1, -0.05) is 35.5 Å². The van der Waals surface area contributed by atoms with Crippen molar-refractivity contribution in [2.24, 2.45) is 0 Å². The normalized spacial score (nSPS) is 11.1. The Morgan fingerprint density at radius 1 is 1.00 bits per heavy atom. The number of hydrogen-bond donors (Lipinski definition) is 1. The molecular formula is C27H23N3O5. The summed E-state index contributed by atoms with van der Waals surface area (Å²) >= 11 is 0. The number of carboxylic acid groups (broad SMARTS) is 1. The first kappa shape index (κ1) is 22.2. The first-order chi connectivity index (χ1) is 16.9. The molecule has 5 rings (SSSR count). The number of aromatic carboxylic acids is 1. The first-order valence-corrected chi connectivity index (χ1v) is 10.9. The van der Waals surface area contributed by atoms with Gasteiger partial charge in [0.25, 0.3) is 0 Å². The summed E-state index contributed by atoms with van der Waals surface area (Å²) < 4.78 is 18.6. The van der Waals surface area contributed by atoms with E-state index in [-0.39, 0.29) is 5.56 Å². The average Bonchev–Trinajstić information content (AvgIpc) is 3.42. The van der Waals surface area contributed by atoms with Gasteiger partial charge >= 0.3 is 5.97 Å². The van der Waals surface area contributed by atoms with Crippen LogP contribution < -0.4 is 9.47 Å². The van der Waals surface area contributed by atoms with Gasteiger partial charge in [-0.25, -0.2) is 4.79 Å². The number of rotatable bonds is 6. The molecule has 176 valence electrons. The molecule has 0 bridgehead atoms. The van der Waals surface area contributed by atoms with E-state index in [1.54, 1.807) is 0 Å². The minimum atomic E-state index is -1.07. The van der Waals surface area contributed by atoms with Gasteiger partial charge in [0.1, 0.15) is 22.9 Å². The fourth-order valence-corrected chi connectivity index (χ4v) is 4.40. The van der Waals surface area contributed by atoms with Gasteiger partial charge in [-0.3, -0.25) is 4.98 Å². The molecule has 5 aromatic rings. The van der Waals surface area contributed by atoms with Gasteiger partial charge in [0.15, 0.2) is 0 Å². The highest BCUT2D eigenvalue weighted by Crippen LogP contribution is 2.41. The molecule has 0 radical (unpaired) electrons. The molecule has 8 nitrogen and oxygen atoms in total. The molecule has 0 atom stereocenters. The molecule has 0 unspecified atom stereocenters. The molecule has 0 saturated heterocycles. The van der Waals surface area contributed by atoms with E-state index in [2.05, 4.69) is 5.16 Å². The third kappa shape index (κ3) is 3.69. The first-order valence-electron chi connectivity index (χ1n) is 10.9. The number of hydrogen-bond acceptors (Lipinski definition) is 6. The number of fused-ring (bicyclic) bond motifs is 1. The van der Waals surface area contributed by atoms with Crippen molar-refractivity contribution in [1.29, 1.82) is 0 Å². The summed E-state index contributed by atoms with van der Waals surface area (Å²) in [7, 11) is 3.00. The Morgan fingerprint density at radius 2 is 1.69 bits per heavy atom. The van der Waals surface area contributed by atoms with Crippen LogP contribution in [0, 0.1) is 13.8 Å². The summed E-state index contributed by atoms with van der Waals surface area (Å²) in [6.07, 6.45) is 3.78. The lowest BCUT2D eigenvalue weighted by atomic mass is 10.0. The summed E-state index contributed by atoms with van der Waals surface area (Å²) in [5.74, 6) is 0.353. The van der Waals surface area contributed by atoms with E-state index in [1.807, 2.05) is 67.2 Å². The van der Waals surface area contributed by atoms with Gasteiger partial charge in [-0.2, -0.15) is 0 Å². The van der Waals surface area contributed by atoms with E-state index < -0.39 is 5.97 Å². The van der Waals surface area contributed by atoms with Crippen molar-refractivity contribution in [3.63, 3.8) is 0 Å². The second-order valence-electron chi connectivity index (χ2n) is 8.10. The highest BCUT2D eigenvalue weighted by molar-refractivity contribution is 5.97. The Hall–Kier alpha value is -4.59. The molecule has 0 fully saturated rings. The van der Waals surface area contributed by atoms with Gasteiger partial charge in [-0.05, 0) is 37.6 Å². The second kappa shape index (κ2) is 8.64. The fourth-order valence-electron chi connectivity index (χ4n) is 4.40. The van der Waals surface area contributed by atoms with E-state index in [0.717, 1.165) is 39.0 Å². The molecule has 0 aliphatic carbocycles. The molecule has 1 N–H and O–H groups in total. The number of pyridine rings is 1. The van der Waals surface area contributed by atoms with Crippen LogP contribution in [0.15, 0.2) is 65.4 Å². The lowest BCUT2D eigenvalue weighted by Crippen LogP contribution is -2.05. The topological polar surface area (TPSA) is 99.6 Å². The maximum atomic E-state index is 11.7. The highest BCUT2D eigenvalue weighted by Gasteiger charge is 2.23. The van der Waals surface area contributed by atoms with Gasteiger partial charge < -0.3 is 23.7 Å². The number of nitrogens with zero attached hydrogens (tertiary/aromatic N) is 3. The molecule has 0 aliphatic rings. The second-order valence-corrected chi connectivity index (χ2v) is 8.10. The predicted octanol–water partition coefficient (Wildman–Crippen LogP) is 5.68. The molecule has 0 amide bonds. The molecule has 0 aliphatic heterocycles. The lowest BCUT2D eigenvalue weighted by Gasteiger charge is -2.16. The predicted molar refractivity (Wildman–Crippen MR) is 132 cm³/mol. The van der Waals surface area contributed by atoms with Crippen molar-refractivity contribution in [1.82, 2.24) is 14.7 Å². The molecule has 0 spiro atoms. The minimum Gasteiger partial charge on any atom is -0.494 e. The maximum Gasteiger partial charge on any atom is 0.335 e. The van der Waals surface area contributed by atoms with Crippen LogP contribution in [0.1, 0.15) is 21.8 Å². The zero-order valence-electron chi connectivity index (χ0n) is 19.7. The number of carboxylic acids is 1. The van der Waals surface area contributed by atoms with Crippen molar-refractivity contribution in [2.45, 2.75) is 13.8 Å². The monoisotopic (exact) mass is 469 g/mol. The Bertz CT molecular complexity index is 1520. The number of aromatic nitrogens is 3. The largest absolute Gasteiger partial charge is 0.494 e. The number of methoxy groups -OCH3 is 2. The smallest absolute Gasteiger partial charge is 0.335 e. The van der Waals surface area contributed by atoms with Crippen LogP contribution in [0.2, 0.25) is 0 Å². The van der Waals surface area contributed by atoms with Crippen molar-refractivity contribution in [3.05, 3.63) is 77.9 Å². The average molecular weight is 469 g/mol. The Kier molecular flexibility index (Phi) is 5.49. The molecule has 0 saturated carbocycles. The summed E-state index contributed by atoms with van der Waals surface area (Å²) in [6.45, 7) is 3.76. The van der Waals surface area contributed by atoms with E-state index in [0.29, 0.717) is 22.9 Å². The quantitative estimate of drug-likeness (QED) is 0.341. The van der Waals surface area contributed by atoms with Gasteiger partial charge in [0, 0.05) is 29.1 Å². The van der Waals surface area contributed by atoms with E-state index in [4.69, 9.17) is 19.0 Å². The Morgan fingerprint density at radius 3 is 2.26 bits per heavy atom. The number of ether oxygens (including phenoxy) is 2. The van der Waals surface area contributed by atoms with Crippen molar-refractivity contribution >= 4 is 17.0 Å². The van der Waals surface area contributed by atoms with Gasteiger partial charge in [-0.15, -0.1) is 0 Å². The summed E-state index contributed by atoms with van der Waals surface area (Å²) in [6, 6.07) is 14.9. The third-order valence-electron chi connectivity index (χ3n) is 6.01. The third-order valence-corrected chi connectivity index (χ3v) is 6.01. The highest BCUT2D eigenvalue weighted by atomic mass is 16.5. The van der Waals surface area contributed by atoms with E-state index in [1.165, 1.54) is 26.4 Å². The van der Waals surface area contributed by atoms with Gasteiger partial charge in [0.2, 0.25) is 0 Å². The molecular weight excluding hydrogens is 446 g/mol. The number of carbonyl (C=O) groups is 1. The van der Waals surface area contributed by atoms with Crippen LogP contribution in [0.4, 0.5) is 0 Å². The maximum absolute atomic E-state index is 11.7. The summed E-state index contributed by atoms with van der Waals surface area (Å²) in [5.41, 5.74) is 6.62. The van der Waals surface area contributed by atoms with Crippen LogP contribution in [-0.2, 0) is 0 Å². The van der Waals surface area contributed by atoms with Crippen LogP contribution in [0.5, 0.6) is 11.5 Å². The Balaban J connectivity index is 1.86. The van der Waals surface area contributed by atoms with Crippen molar-refractivity contribution in [3.8, 4) is 39.4 Å². The summed E-state index contributed by atoms with van der Waals surface area (Å²) in [5, 5.41) is 13.6. The number of aryl methyl sites for hydroxylation is 2.